The first kappa shape index (κ1) is 16.3. The highest BCUT2D eigenvalue weighted by molar-refractivity contribution is 5.76. The third-order valence-corrected chi connectivity index (χ3v) is 3.19. The lowest BCUT2D eigenvalue weighted by molar-refractivity contribution is -0.136. The van der Waals surface area contributed by atoms with Gasteiger partial charge in [0, 0.05) is 32.6 Å². The van der Waals surface area contributed by atoms with Crippen molar-refractivity contribution in [2.75, 3.05) is 26.2 Å². The lowest BCUT2D eigenvalue weighted by atomic mass is 10.2. The van der Waals surface area contributed by atoms with E-state index in [1.807, 2.05) is 4.90 Å². The topological polar surface area (TPSA) is 98.7 Å². The van der Waals surface area contributed by atoms with Crippen molar-refractivity contribution in [3.63, 3.8) is 0 Å². The van der Waals surface area contributed by atoms with Crippen LogP contribution in [0.3, 0.4) is 0 Å². The molecule has 0 atom stereocenters. The number of hydrogen-bond donors (Lipinski definition) is 3. The number of urea groups is 1. The molecule has 0 aromatic rings. The fourth-order valence-electron chi connectivity index (χ4n) is 2.09. The van der Waals surface area contributed by atoms with Crippen LogP contribution in [0.4, 0.5) is 4.79 Å². The first-order chi connectivity index (χ1) is 9.59. The maximum Gasteiger partial charge on any atom is 0.314 e. The average Bonchev–Trinajstić information content (AvgIpc) is 2.59. The van der Waals surface area contributed by atoms with Crippen molar-refractivity contribution in [1.29, 1.82) is 0 Å². The summed E-state index contributed by atoms with van der Waals surface area (Å²) in [6, 6.07) is -0.367. The van der Waals surface area contributed by atoms with Gasteiger partial charge in [0.15, 0.2) is 0 Å². The van der Waals surface area contributed by atoms with Crippen LogP contribution in [0, 0.1) is 0 Å². The molecule has 7 nitrogen and oxygen atoms in total. The van der Waals surface area contributed by atoms with E-state index in [1.54, 1.807) is 0 Å². The second-order valence-corrected chi connectivity index (χ2v) is 4.87. The number of aliphatic carboxylic acids is 1. The molecule has 0 saturated carbocycles. The fourth-order valence-corrected chi connectivity index (χ4v) is 2.09. The number of carbonyl (C=O) groups is 3. The van der Waals surface area contributed by atoms with E-state index in [2.05, 4.69) is 10.6 Å². The molecule has 3 amide bonds. The van der Waals surface area contributed by atoms with Gasteiger partial charge in [-0.15, -0.1) is 0 Å². The Kier molecular flexibility index (Phi) is 7.46. The molecular formula is C13H23N3O4. The van der Waals surface area contributed by atoms with Gasteiger partial charge >= 0.3 is 12.0 Å². The molecule has 7 heteroatoms. The van der Waals surface area contributed by atoms with Crippen molar-refractivity contribution in [2.24, 2.45) is 0 Å². The summed E-state index contributed by atoms with van der Waals surface area (Å²) in [7, 11) is 0. The van der Waals surface area contributed by atoms with Crippen molar-refractivity contribution in [2.45, 2.75) is 38.5 Å². The van der Waals surface area contributed by atoms with Crippen LogP contribution in [0.25, 0.3) is 0 Å². The first-order valence-corrected chi connectivity index (χ1v) is 7.11. The normalized spacial score (nSPS) is 15.6. The minimum absolute atomic E-state index is 0.0876. The van der Waals surface area contributed by atoms with Gasteiger partial charge in [0.1, 0.15) is 0 Å². The highest BCUT2D eigenvalue weighted by Gasteiger charge is 2.15. The number of nitrogens with zero attached hydrogens (tertiary/aromatic N) is 1. The van der Waals surface area contributed by atoms with Gasteiger partial charge in [-0.2, -0.15) is 0 Å². The molecule has 20 heavy (non-hydrogen) atoms. The van der Waals surface area contributed by atoms with Crippen molar-refractivity contribution in [1.82, 2.24) is 15.5 Å². The summed E-state index contributed by atoms with van der Waals surface area (Å²) in [5.41, 5.74) is 0. The van der Waals surface area contributed by atoms with Crippen LogP contribution in [0.1, 0.15) is 38.5 Å². The highest BCUT2D eigenvalue weighted by atomic mass is 16.4. The molecule has 1 aliphatic rings. The Balaban J connectivity index is 2.07. The Bertz CT molecular complexity index is 347. The number of hydrogen-bond acceptors (Lipinski definition) is 3. The van der Waals surface area contributed by atoms with E-state index in [1.165, 1.54) is 0 Å². The number of carbonyl (C=O) groups excluding carboxylic acids is 2. The van der Waals surface area contributed by atoms with Gasteiger partial charge in [-0.1, -0.05) is 6.42 Å². The summed E-state index contributed by atoms with van der Waals surface area (Å²) in [6.45, 7) is 2.06. The quantitative estimate of drug-likeness (QED) is 0.595. The monoisotopic (exact) mass is 285 g/mol. The molecule has 0 unspecified atom stereocenters. The lowest BCUT2D eigenvalue weighted by Gasteiger charge is -2.20. The summed E-state index contributed by atoms with van der Waals surface area (Å²) in [5, 5.41) is 13.5. The van der Waals surface area contributed by atoms with Crippen molar-refractivity contribution in [3.8, 4) is 0 Å². The van der Waals surface area contributed by atoms with Gasteiger partial charge in [-0.05, 0) is 19.3 Å². The molecule has 0 bridgehead atoms. The van der Waals surface area contributed by atoms with Gasteiger partial charge in [0.25, 0.3) is 0 Å². The molecule has 1 aliphatic heterocycles. The molecule has 0 radical (unpaired) electrons. The lowest BCUT2D eigenvalue weighted by Crippen LogP contribution is -2.38. The number of carboxylic acid groups (broad SMARTS) is 1. The van der Waals surface area contributed by atoms with E-state index >= 15 is 0 Å². The molecule has 1 fully saturated rings. The van der Waals surface area contributed by atoms with E-state index < -0.39 is 5.97 Å². The Labute approximate surface area is 118 Å². The van der Waals surface area contributed by atoms with Gasteiger partial charge in [-0.3, -0.25) is 9.59 Å². The Morgan fingerprint density at radius 2 is 1.90 bits per heavy atom. The smallest absolute Gasteiger partial charge is 0.314 e. The number of likely N-dealkylation sites (tertiary alicyclic amines) is 1. The second kappa shape index (κ2) is 9.17. The van der Waals surface area contributed by atoms with Crippen molar-refractivity contribution in [3.05, 3.63) is 0 Å². The standard InChI is InChI=1S/C13H23N3O4/c17-11-5-2-1-3-9-16(11)10-4-7-14-13(20)15-8-6-12(18)19/h1-10H2,(H,18,19)(H2,14,15,20). The van der Waals surface area contributed by atoms with E-state index in [0.29, 0.717) is 25.9 Å². The average molecular weight is 285 g/mol. The molecule has 114 valence electrons. The zero-order valence-electron chi connectivity index (χ0n) is 11.7. The van der Waals surface area contributed by atoms with Crippen LogP contribution >= 0.6 is 0 Å². The molecule has 0 aliphatic carbocycles. The maximum absolute atomic E-state index is 11.7. The number of carboxylic acids is 1. The molecule has 3 N–H and O–H groups in total. The van der Waals surface area contributed by atoms with Crippen LogP contribution in [0.5, 0.6) is 0 Å². The van der Waals surface area contributed by atoms with Crippen molar-refractivity contribution < 1.29 is 19.5 Å². The maximum atomic E-state index is 11.7. The Hall–Kier alpha value is -1.79. The van der Waals surface area contributed by atoms with Crippen molar-refractivity contribution >= 4 is 17.9 Å². The SMILES string of the molecule is O=C(O)CCNC(=O)NCCCN1CCCCCC1=O. The Morgan fingerprint density at radius 1 is 1.15 bits per heavy atom. The summed E-state index contributed by atoms with van der Waals surface area (Å²) in [5.74, 6) is -0.738. The summed E-state index contributed by atoms with van der Waals surface area (Å²) in [4.78, 5) is 35.1. The second-order valence-electron chi connectivity index (χ2n) is 4.87. The molecule has 0 spiro atoms. The third kappa shape index (κ3) is 6.96. The number of amides is 3. The van der Waals surface area contributed by atoms with Gasteiger partial charge in [0.2, 0.25) is 5.91 Å². The first-order valence-electron chi connectivity index (χ1n) is 7.11. The predicted octanol–water partition coefficient (Wildman–Crippen LogP) is 0.553. The molecule has 0 aromatic carbocycles. The van der Waals surface area contributed by atoms with Crippen LogP contribution in [-0.4, -0.2) is 54.1 Å². The number of rotatable bonds is 7. The van der Waals surface area contributed by atoms with E-state index in [9.17, 15) is 14.4 Å². The highest BCUT2D eigenvalue weighted by Crippen LogP contribution is 2.10. The summed E-state index contributed by atoms with van der Waals surface area (Å²) < 4.78 is 0. The van der Waals surface area contributed by atoms with E-state index in [4.69, 9.17) is 5.11 Å². The molecule has 0 aromatic heterocycles. The third-order valence-electron chi connectivity index (χ3n) is 3.19. The van der Waals surface area contributed by atoms with E-state index in [-0.39, 0.29) is 24.9 Å². The molecule has 1 saturated heterocycles. The van der Waals surface area contributed by atoms with Crippen LogP contribution in [0.2, 0.25) is 0 Å². The number of nitrogens with one attached hydrogen (secondary N) is 2. The zero-order chi connectivity index (χ0) is 14.8. The summed E-state index contributed by atoms with van der Waals surface area (Å²) in [6.07, 6.45) is 4.37. The largest absolute Gasteiger partial charge is 0.481 e. The van der Waals surface area contributed by atoms with Crippen LogP contribution < -0.4 is 10.6 Å². The van der Waals surface area contributed by atoms with Crippen LogP contribution in [-0.2, 0) is 9.59 Å². The fraction of sp³-hybridized carbons (Fsp3) is 0.769. The van der Waals surface area contributed by atoms with E-state index in [0.717, 1.165) is 25.8 Å². The predicted molar refractivity (Wildman–Crippen MR) is 73.3 cm³/mol. The van der Waals surface area contributed by atoms with Gasteiger partial charge < -0.3 is 20.6 Å². The summed E-state index contributed by atoms with van der Waals surface area (Å²) >= 11 is 0. The van der Waals surface area contributed by atoms with Crippen LogP contribution in [0.15, 0.2) is 0 Å². The molecule has 1 heterocycles. The van der Waals surface area contributed by atoms with Gasteiger partial charge in [0.05, 0.1) is 6.42 Å². The zero-order valence-corrected chi connectivity index (χ0v) is 11.7. The molecular weight excluding hydrogens is 262 g/mol. The minimum Gasteiger partial charge on any atom is -0.481 e. The van der Waals surface area contributed by atoms with Gasteiger partial charge in [-0.25, -0.2) is 4.79 Å². The Morgan fingerprint density at radius 3 is 2.65 bits per heavy atom. The molecule has 1 rings (SSSR count). The minimum atomic E-state index is -0.940.